The van der Waals surface area contributed by atoms with Crippen molar-refractivity contribution in [3.8, 4) is 0 Å². The molecule has 0 bridgehead atoms. The van der Waals surface area contributed by atoms with E-state index in [4.69, 9.17) is 0 Å². The normalized spacial score (nSPS) is 11.6. The van der Waals surface area contributed by atoms with E-state index in [9.17, 15) is 45.6 Å². The Morgan fingerprint density at radius 3 is 2.11 bits per heavy atom. The lowest BCUT2D eigenvalue weighted by Crippen LogP contribution is -2.24. The van der Waals surface area contributed by atoms with E-state index in [1.165, 1.54) is 12.2 Å². The van der Waals surface area contributed by atoms with Crippen LogP contribution >= 0.6 is 0 Å². The molecule has 1 heterocycles. The summed E-state index contributed by atoms with van der Waals surface area (Å²) in [6.45, 7) is 0.425. The number of benzene rings is 1. The van der Waals surface area contributed by atoms with E-state index < -0.39 is 63.9 Å². The van der Waals surface area contributed by atoms with Gasteiger partial charge in [-0.3, -0.25) is 4.79 Å². The van der Waals surface area contributed by atoms with Crippen molar-refractivity contribution in [3.63, 3.8) is 0 Å². The molecule has 0 aliphatic heterocycles. The molecule has 1 N–H and O–H groups in total. The molecule has 0 unspecified atom stereocenters. The monoisotopic (exact) mass is 400 g/mol. The first-order chi connectivity index (χ1) is 12.3. The van der Waals surface area contributed by atoms with E-state index in [1.807, 2.05) is 0 Å². The highest BCUT2D eigenvalue weighted by atomic mass is 19.4. The van der Waals surface area contributed by atoms with Crippen LogP contribution in [0.5, 0.6) is 0 Å². The number of anilines is 1. The van der Waals surface area contributed by atoms with Gasteiger partial charge in [0.1, 0.15) is 17.8 Å². The fourth-order valence-electron chi connectivity index (χ4n) is 2.05. The molecule has 2 aromatic rings. The number of rotatable bonds is 4. The highest BCUT2D eigenvalue weighted by Crippen LogP contribution is 2.38. The number of nitro groups is 1. The summed E-state index contributed by atoms with van der Waals surface area (Å²) in [6.07, 6.45) is -5.72. The maximum absolute atomic E-state index is 13.7. The molecule has 14 heteroatoms. The topological polar surface area (TPSA) is 90.1 Å². The zero-order valence-electron chi connectivity index (χ0n) is 13.0. The van der Waals surface area contributed by atoms with Crippen LogP contribution in [0, 0.1) is 40.3 Å². The number of carbonyl (C=O) groups is 1. The Bertz CT molecular complexity index is 910. The highest BCUT2D eigenvalue weighted by Gasteiger charge is 2.42. The van der Waals surface area contributed by atoms with Crippen molar-refractivity contribution < 1.29 is 40.5 Å². The van der Waals surface area contributed by atoms with Gasteiger partial charge in [-0.15, -0.1) is 0 Å². The molecule has 0 radical (unpaired) electrons. The Morgan fingerprint density at radius 1 is 1.19 bits per heavy atom. The van der Waals surface area contributed by atoms with Crippen molar-refractivity contribution in [1.29, 1.82) is 0 Å². The minimum absolute atomic E-state index is 0.0857. The minimum Gasteiger partial charge on any atom is -0.358 e. The van der Waals surface area contributed by atoms with E-state index >= 15 is 0 Å². The SMILES string of the molecule is Cc1cc([N+](=O)[O-])nn1CC(=O)Nc1c(F)c(F)c(C(F)(F)F)c(F)c1F. The molecule has 0 saturated carbocycles. The number of halogens is 7. The second-order valence-electron chi connectivity index (χ2n) is 5.11. The third-order valence-corrected chi connectivity index (χ3v) is 3.26. The van der Waals surface area contributed by atoms with Gasteiger partial charge in [-0.05, 0) is 11.8 Å². The van der Waals surface area contributed by atoms with Crippen LogP contribution in [0.4, 0.5) is 42.2 Å². The molecule has 1 aromatic carbocycles. The number of amides is 1. The quantitative estimate of drug-likeness (QED) is 0.369. The van der Waals surface area contributed by atoms with Crippen LogP contribution < -0.4 is 5.32 Å². The lowest BCUT2D eigenvalue weighted by Gasteiger charge is -2.14. The van der Waals surface area contributed by atoms with E-state index in [0.717, 1.165) is 10.7 Å². The third-order valence-electron chi connectivity index (χ3n) is 3.26. The van der Waals surface area contributed by atoms with Gasteiger partial charge in [-0.2, -0.15) is 17.9 Å². The fourth-order valence-corrected chi connectivity index (χ4v) is 2.05. The molecule has 2 rings (SSSR count). The van der Waals surface area contributed by atoms with Crippen molar-refractivity contribution in [1.82, 2.24) is 9.78 Å². The maximum Gasteiger partial charge on any atom is 0.422 e. The molecule has 0 spiro atoms. The van der Waals surface area contributed by atoms with Gasteiger partial charge in [0.2, 0.25) is 5.91 Å². The van der Waals surface area contributed by atoms with Gasteiger partial charge in [0.05, 0.1) is 16.9 Å². The van der Waals surface area contributed by atoms with Gasteiger partial charge in [0.25, 0.3) is 0 Å². The summed E-state index contributed by atoms with van der Waals surface area (Å²) in [5, 5.41) is 15.4. The number of carbonyl (C=O) groups excluding carboxylic acids is 1. The molecule has 1 amide bonds. The second-order valence-corrected chi connectivity index (χ2v) is 5.11. The van der Waals surface area contributed by atoms with E-state index in [-0.39, 0.29) is 5.69 Å². The summed E-state index contributed by atoms with van der Waals surface area (Å²) in [6, 6.07) is 0.964. The number of aryl methyl sites for hydroxylation is 1. The zero-order valence-corrected chi connectivity index (χ0v) is 13.0. The van der Waals surface area contributed by atoms with Crippen LogP contribution in [0.15, 0.2) is 6.07 Å². The van der Waals surface area contributed by atoms with Gasteiger partial charge >= 0.3 is 12.0 Å². The minimum atomic E-state index is -5.72. The molecule has 0 aliphatic carbocycles. The Balaban J connectivity index is 2.35. The summed E-state index contributed by atoms with van der Waals surface area (Å²) in [5.74, 6) is -12.4. The number of nitrogens with one attached hydrogen (secondary N) is 1. The first-order valence-corrected chi connectivity index (χ1v) is 6.76. The van der Waals surface area contributed by atoms with Crippen LogP contribution in [0.3, 0.4) is 0 Å². The van der Waals surface area contributed by atoms with E-state index in [1.54, 1.807) is 0 Å². The van der Waals surface area contributed by atoms with Gasteiger partial charge in [-0.25, -0.2) is 17.6 Å². The largest absolute Gasteiger partial charge is 0.422 e. The number of aromatic nitrogens is 2. The van der Waals surface area contributed by atoms with Crippen LogP contribution in [-0.4, -0.2) is 20.6 Å². The summed E-state index contributed by atoms with van der Waals surface area (Å²) in [7, 11) is 0. The lowest BCUT2D eigenvalue weighted by molar-refractivity contribution is -0.389. The highest BCUT2D eigenvalue weighted by molar-refractivity contribution is 5.91. The average Bonchev–Trinajstić information content (AvgIpc) is 2.89. The van der Waals surface area contributed by atoms with Gasteiger partial charge in [-0.1, -0.05) is 0 Å². The van der Waals surface area contributed by atoms with Crippen LogP contribution in [-0.2, 0) is 17.5 Å². The Kier molecular flexibility index (Phi) is 5.10. The molecule has 27 heavy (non-hydrogen) atoms. The molecule has 0 saturated heterocycles. The molecule has 0 fully saturated rings. The first kappa shape index (κ1) is 20.1. The number of hydrogen-bond donors (Lipinski definition) is 1. The lowest BCUT2D eigenvalue weighted by atomic mass is 10.1. The van der Waals surface area contributed by atoms with Crippen molar-refractivity contribution in [2.24, 2.45) is 0 Å². The third kappa shape index (κ3) is 3.83. The number of nitrogens with zero attached hydrogens (tertiary/aromatic N) is 3. The van der Waals surface area contributed by atoms with Crippen LogP contribution in [0.25, 0.3) is 0 Å². The Hall–Kier alpha value is -3.19. The fraction of sp³-hybridized carbons (Fsp3) is 0.231. The van der Waals surface area contributed by atoms with Crippen molar-refractivity contribution in [3.05, 3.63) is 50.7 Å². The van der Waals surface area contributed by atoms with Crippen LogP contribution in [0.2, 0.25) is 0 Å². The first-order valence-electron chi connectivity index (χ1n) is 6.76. The predicted octanol–water partition coefficient (Wildman–Crippen LogP) is 3.31. The summed E-state index contributed by atoms with van der Waals surface area (Å²) >= 11 is 0. The van der Waals surface area contributed by atoms with Crippen molar-refractivity contribution in [2.75, 3.05) is 5.32 Å². The zero-order chi connectivity index (χ0) is 20.7. The van der Waals surface area contributed by atoms with Crippen molar-refractivity contribution in [2.45, 2.75) is 19.6 Å². The van der Waals surface area contributed by atoms with Crippen LogP contribution in [0.1, 0.15) is 11.3 Å². The van der Waals surface area contributed by atoms with Gasteiger partial charge in [0, 0.05) is 0 Å². The molecular weight excluding hydrogens is 393 g/mol. The number of hydrogen-bond acceptors (Lipinski definition) is 4. The van der Waals surface area contributed by atoms with Gasteiger partial charge < -0.3 is 15.4 Å². The molecule has 1 aromatic heterocycles. The molecular formula is C13H7F7N4O3. The summed E-state index contributed by atoms with van der Waals surface area (Å²) in [5.41, 5.74) is -4.47. The predicted molar refractivity (Wildman–Crippen MR) is 73.5 cm³/mol. The standard InChI is InChI=1S/C13H7F7N4O3/c1-4-2-5(24(26)27)22-23(4)3-6(25)21-12-10(16)8(14)7(13(18,19)20)9(15)11(12)17/h2H,3H2,1H3,(H,21,25). The molecule has 0 aliphatic rings. The summed E-state index contributed by atoms with van der Waals surface area (Å²) in [4.78, 5) is 21.5. The van der Waals surface area contributed by atoms with Gasteiger partial charge in [0.15, 0.2) is 23.3 Å². The smallest absolute Gasteiger partial charge is 0.358 e. The Morgan fingerprint density at radius 2 is 1.70 bits per heavy atom. The Labute approximate surface area is 144 Å². The summed E-state index contributed by atoms with van der Waals surface area (Å²) < 4.78 is 92.6. The second kappa shape index (κ2) is 6.85. The van der Waals surface area contributed by atoms with E-state index in [2.05, 4.69) is 5.10 Å². The van der Waals surface area contributed by atoms with Crippen molar-refractivity contribution >= 4 is 17.4 Å². The average molecular weight is 400 g/mol. The number of alkyl halides is 3. The maximum atomic E-state index is 13.7. The molecule has 146 valence electrons. The molecule has 7 nitrogen and oxygen atoms in total. The molecule has 0 atom stereocenters. The van der Waals surface area contributed by atoms with E-state index in [0.29, 0.717) is 0 Å².